The molecule has 1 rings (SSSR count). The Morgan fingerprint density at radius 1 is 0.600 bits per heavy atom. The predicted molar refractivity (Wildman–Crippen MR) is 192 cm³/mol. The van der Waals surface area contributed by atoms with Gasteiger partial charge in [-0.3, -0.25) is 4.79 Å². The summed E-state index contributed by atoms with van der Waals surface area (Å²) in [6, 6.07) is 9.27. The fourth-order valence-electron chi connectivity index (χ4n) is 6.17. The van der Waals surface area contributed by atoms with E-state index in [9.17, 15) is 14.7 Å². The minimum atomic E-state index is -0.607. The van der Waals surface area contributed by atoms with Gasteiger partial charge in [0.25, 0.3) is 0 Å². The second-order valence-electron chi connectivity index (χ2n) is 13.4. The van der Waals surface area contributed by atoms with Crippen molar-refractivity contribution < 1.29 is 19.4 Å². The van der Waals surface area contributed by atoms with Gasteiger partial charge in [-0.2, -0.15) is 0 Å². The lowest BCUT2D eigenvalue weighted by molar-refractivity contribution is -0.142. The normalized spacial score (nSPS) is 12.8. The Morgan fingerprint density at radius 2 is 1.04 bits per heavy atom. The number of ether oxygens (including phenoxy) is 1. The van der Waals surface area contributed by atoms with Crippen LogP contribution in [0, 0.1) is 5.92 Å². The minimum absolute atomic E-state index is 0.0709. The molecule has 1 unspecified atom stereocenters. The van der Waals surface area contributed by atoms with Crippen molar-refractivity contribution in [1.82, 2.24) is 0 Å². The van der Waals surface area contributed by atoms with Crippen molar-refractivity contribution >= 4 is 11.9 Å². The van der Waals surface area contributed by atoms with Crippen LogP contribution in [0.25, 0.3) is 0 Å². The summed E-state index contributed by atoms with van der Waals surface area (Å²) in [6.45, 7) is 4.49. The first kappa shape index (κ1) is 40.9. The van der Waals surface area contributed by atoms with Crippen LogP contribution in [-0.4, -0.2) is 23.1 Å². The summed E-state index contributed by atoms with van der Waals surface area (Å²) in [5.41, 5.74) is 0.616. The van der Waals surface area contributed by atoms with Crippen LogP contribution < -0.4 is 0 Å². The Labute approximate surface area is 278 Å². The fraction of sp³-hybridized carbons (Fsp3) is 0.756. The molecule has 0 heterocycles. The van der Waals surface area contributed by atoms with Gasteiger partial charge in [0.2, 0.25) is 0 Å². The lowest BCUT2D eigenvalue weighted by atomic mass is 9.94. The number of unbranched alkanes of at least 4 members (excludes halogenated alkanes) is 20. The number of carboxylic acid groups (broad SMARTS) is 1. The summed E-state index contributed by atoms with van der Waals surface area (Å²) in [5.74, 6) is -1.01. The zero-order valence-electron chi connectivity index (χ0n) is 29.5. The van der Waals surface area contributed by atoms with Crippen LogP contribution in [0.2, 0.25) is 0 Å². The average molecular weight is 627 g/mol. The zero-order chi connectivity index (χ0) is 32.6. The maximum Gasteiger partial charge on any atom is 0.338 e. The van der Waals surface area contributed by atoms with Crippen LogP contribution >= 0.6 is 0 Å². The summed E-state index contributed by atoms with van der Waals surface area (Å²) >= 11 is 0. The van der Waals surface area contributed by atoms with Gasteiger partial charge in [-0.25, -0.2) is 4.79 Å². The molecule has 0 amide bonds. The van der Waals surface area contributed by atoms with E-state index < -0.39 is 5.97 Å². The molecule has 0 spiro atoms. The minimum Gasteiger partial charge on any atom is -0.481 e. The standard InChI is InChI=1S/C41H70O4/c1-3-5-7-9-10-11-12-13-14-15-16-18-21-25-31-37(40(42)43)32-26-22-19-17-20-23-30-36-39(35-29-8-6-4-2)45-41(44)38-33-27-24-28-34-38/h23-24,27-28,30,33-34,37,39H,3-22,25-26,29,31-32,35-36H2,1-2H3,(H,42,43)/t37?,39-/m1/s1. The molecule has 1 N–H and O–H groups in total. The summed E-state index contributed by atoms with van der Waals surface area (Å²) in [5, 5.41) is 9.68. The van der Waals surface area contributed by atoms with Gasteiger partial charge >= 0.3 is 11.9 Å². The lowest BCUT2D eigenvalue weighted by Gasteiger charge is -2.16. The molecule has 0 radical (unpaired) electrons. The Hall–Kier alpha value is -2.10. The fourth-order valence-corrected chi connectivity index (χ4v) is 6.17. The van der Waals surface area contributed by atoms with Gasteiger partial charge in [-0.05, 0) is 50.7 Å². The molecule has 1 aromatic carbocycles. The molecule has 258 valence electrons. The molecular formula is C41H70O4. The average Bonchev–Trinajstić information content (AvgIpc) is 3.05. The summed E-state index contributed by atoms with van der Waals surface area (Å²) in [4.78, 5) is 24.3. The van der Waals surface area contributed by atoms with Gasteiger partial charge in [0.05, 0.1) is 11.5 Å². The molecule has 0 saturated heterocycles. The van der Waals surface area contributed by atoms with Gasteiger partial charge in [-0.1, -0.05) is 173 Å². The number of rotatable bonds is 32. The third-order valence-electron chi connectivity index (χ3n) is 9.16. The van der Waals surface area contributed by atoms with Crippen LogP contribution in [0.3, 0.4) is 0 Å². The smallest absolute Gasteiger partial charge is 0.338 e. The Balaban J connectivity index is 2.10. The van der Waals surface area contributed by atoms with Gasteiger partial charge in [0.15, 0.2) is 0 Å². The number of carbonyl (C=O) groups excluding carboxylic acids is 1. The highest BCUT2D eigenvalue weighted by Gasteiger charge is 2.16. The molecule has 4 nitrogen and oxygen atoms in total. The quantitative estimate of drug-likeness (QED) is 0.0491. The second kappa shape index (κ2) is 30.5. The van der Waals surface area contributed by atoms with E-state index in [0.29, 0.717) is 5.56 Å². The van der Waals surface area contributed by atoms with Crippen molar-refractivity contribution in [3.05, 3.63) is 48.0 Å². The lowest BCUT2D eigenvalue weighted by Crippen LogP contribution is -2.18. The highest BCUT2D eigenvalue weighted by Crippen LogP contribution is 2.20. The van der Waals surface area contributed by atoms with Crippen LogP contribution in [0.5, 0.6) is 0 Å². The first-order valence-electron chi connectivity index (χ1n) is 19.2. The van der Waals surface area contributed by atoms with E-state index in [1.54, 1.807) is 0 Å². The molecular weight excluding hydrogens is 556 g/mol. The van der Waals surface area contributed by atoms with E-state index in [2.05, 4.69) is 26.0 Å². The molecule has 0 aromatic heterocycles. The van der Waals surface area contributed by atoms with Gasteiger partial charge < -0.3 is 9.84 Å². The van der Waals surface area contributed by atoms with E-state index in [4.69, 9.17) is 4.74 Å². The van der Waals surface area contributed by atoms with Crippen LogP contribution in [-0.2, 0) is 9.53 Å². The zero-order valence-corrected chi connectivity index (χ0v) is 29.5. The maximum absolute atomic E-state index is 12.6. The summed E-state index contributed by atoms with van der Waals surface area (Å²) < 4.78 is 5.86. The van der Waals surface area contributed by atoms with E-state index >= 15 is 0 Å². The molecule has 0 fully saturated rings. The second-order valence-corrected chi connectivity index (χ2v) is 13.4. The number of esters is 1. The van der Waals surface area contributed by atoms with Crippen molar-refractivity contribution in [3.8, 4) is 0 Å². The number of benzene rings is 1. The van der Waals surface area contributed by atoms with Gasteiger partial charge in [0, 0.05) is 6.42 Å². The van der Waals surface area contributed by atoms with Crippen LogP contribution in [0.1, 0.15) is 198 Å². The van der Waals surface area contributed by atoms with Crippen molar-refractivity contribution in [2.75, 3.05) is 0 Å². The molecule has 4 heteroatoms. The van der Waals surface area contributed by atoms with E-state index in [1.165, 1.54) is 103 Å². The summed E-state index contributed by atoms with van der Waals surface area (Å²) in [7, 11) is 0. The molecule has 0 aliphatic rings. The van der Waals surface area contributed by atoms with Crippen LogP contribution in [0.4, 0.5) is 0 Å². The molecule has 2 atom stereocenters. The maximum atomic E-state index is 12.6. The Kier molecular flexibility index (Phi) is 27.8. The highest BCUT2D eigenvalue weighted by atomic mass is 16.5. The summed E-state index contributed by atoms with van der Waals surface area (Å²) in [6.07, 6.45) is 36.4. The van der Waals surface area contributed by atoms with E-state index in [0.717, 1.165) is 70.6 Å². The molecule has 0 aliphatic heterocycles. The highest BCUT2D eigenvalue weighted by molar-refractivity contribution is 5.89. The van der Waals surface area contributed by atoms with Crippen molar-refractivity contribution in [2.24, 2.45) is 5.92 Å². The van der Waals surface area contributed by atoms with E-state index in [1.807, 2.05) is 30.3 Å². The first-order valence-corrected chi connectivity index (χ1v) is 19.2. The first-order chi connectivity index (χ1) is 22.1. The van der Waals surface area contributed by atoms with Crippen LogP contribution in [0.15, 0.2) is 42.5 Å². The molecule has 1 aromatic rings. The van der Waals surface area contributed by atoms with Crippen molar-refractivity contribution in [1.29, 1.82) is 0 Å². The third-order valence-corrected chi connectivity index (χ3v) is 9.16. The number of hydrogen-bond acceptors (Lipinski definition) is 3. The molecule has 0 bridgehead atoms. The number of aliphatic carboxylic acids is 1. The largest absolute Gasteiger partial charge is 0.481 e. The van der Waals surface area contributed by atoms with Crippen molar-refractivity contribution in [2.45, 2.75) is 193 Å². The monoisotopic (exact) mass is 627 g/mol. The topological polar surface area (TPSA) is 63.6 Å². The van der Waals surface area contributed by atoms with E-state index in [-0.39, 0.29) is 18.0 Å². The molecule has 0 saturated carbocycles. The van der Waals surface area contributed by atoms with Gasteiger partial charge in [0.1, 0.15) is 6.10 Å². The molecule has 0 aliphatic carbocycles. The number of carbonyl (C=O) groups is 2. The predicted octanol–water partition coefficient (Wildman–Crippen LogP) is 13.0. The Morgan fingerprint density at radius 3 is 1.56 bits per heavy atom. The number of allylic oxidation sites excluding steroid dienone is 1. The Bertz CT molecular complexity index is 833. The number of hydrogen-bond donors (Lipinski definition) is 1. The van der Waals surface area contributed by atoms with Crippen molar-refractivity contribution in [3.63, 3.8) is 0 Å². The van der Waals surface area contributed by atoms with Gasteiger partial charge in [-0.15, -0.1) is 0 Å². The third kappa shape index (κ3) is 24.8. The number of carboxylic acids is 1. The molecule has 45 heavy (non-hydrogen) atoms. The SMILES string of the molecule is CCCCCCCCCCCCCCCCC(CCCCCCC=CC[C@@H](CCCCCC)OC(=O)c1ccccc1)C(=O)O.